The summed E-state index contributed by atoms with van der Waals surface area (Å²) < 4.78 is 0. The molecule has 4 N–H and O–H groups in total. The first kappa shape index (κ1) is 13.5. The van der Waals surface area contributed by atoms with Gasteiger partial charge in [0, 0.05) is 6.42 Å². The largest absolute Gasteiger partial charge is 0.368 e. The van der Waals surface area contributed by atoms with Crippen molar-refractivity contribution in [2.24, 2.45) is 5.92 Å². The van der Waals surface area contributed by atoms with E-state index in [4.69, 9.17) is 5.73 Å². The van der Waals surface area contributed by atoms with E-state index in [1.165, 1.54) is 12.8 Å². The van der Waals surface area contributed by atoms with Crippen LogP contribution in [-0.4, -0.2) is 21.1 Å². The molecule has 2 rings (SSSR count). The summed E-state index contributed by atoms with van der Waals surface area (Å²) in [6.07, 6.45) is 5.16. The fourth-order valence-electron chi connectivity index (χ4n) is 2.49. The van der Waals surface area contributed by atoms with Gasteiger partial charge in [-0.1, -0.05) is 12.8 Å². The smallest absolute Gasteiger partial charge is 0.276 e. The maximum absolute atomic E-state index is 11.9. The molecule has 0 saturated heterocycles. The van der Waals surface area contributed by atoms with Gasteiger partial charge >= 0.3 is 0 Å². The fourth-order valence-corrected chi connectivity index (χ4v) is 2.49. The summed E-state index contributed by atoms with van der Waals surface area (Å²) in [5.41, 5.74) is 5.08. The summed E-state index contributed by atoms with van der Waals surface area (Å²) in [4.78, 5) is 25.8. The molecule has 1 aromatic heterocycles. The van der Waals surface area contributed by atoms with Gasteiger partial charge in [0.2, 0.25) is 11.9 Å². The third-order valence-corrected chi connectivity index (χ3v) is 3.48. The van der Waals surface area contributed by atoms with Gasteiger partial charge in [-0.25, -0.2) is 0 Å². The molecule has 1 unspecified atom stereocenters. The quantitative estimate of drug-likeness (QED) is 0.733. The first-order chi connectivity index (χ1) is 9.06. The number of carbonyl (C=O) groups excluding carboxylic acids is 1. The molecule has 0 spiro atoms. The molecule has 19 heavy (non-hydrogen) atoms. The Hall–Kier alpha value is -1.92. The molecule has 1 saturated carbocycles. The number of nitrogen functional groups attached to an aromatic ring is 1. The van der Waals surface area contributed by atoms with Crippen molar-refractivity contribution in [3.05, 3.63) is 16.0 Å². The van der Waals surface area contributed by atoms with Crippen LogP contribution in [0.1, 0.15) is 50.8 Å². The van der Waals surface area contributed by atoms with Gasteiger partial charge in [0.25, 0.3) is 5.56 Å². The van der Waals surface area contributed by atoms with Crippen molar-refractivity contribution >= 4 is 11.9 Å². The number of aromatic amines is 1. The number of hydrogen-bond acceptors (Lipinski definition) is 5. The first-order valence-electron chi connectivity index (χ1n) is 6.58. The van der Waals surface area contributed by atoms with E-state index in [-0.39, 0.29) is 17.5 Å². The van der Waals surface area contributed by atoms with Crippen LogP contribution in [0.4, 0.5) is 5.95 Å². The summed E-state index contributed by atoms with van der Waals surface area (Å²) in [7, 11) is 0. The molecule has 0 aliphatic heterocycles. The summed E-state index contributed by atoms with van der Waals surface area (Å²) in [6.45, 7) is 1.71. The summed E-state index contributed by atoms with van der Waals surface area (Å²) >= 11 is 0. The molecule has 1 aliphatic carbocycles. The number of H-pyrrole nitrogens is 1. The van der Waals surface area contributed by atoms with Crippen LogP contribution in [0.3, 0.4) is 0 Å². The van der Waals surface area contributed by atoms with Gasteiger partial charge in [0.05, 0.1) is 6.04 Å². The van der Waals surface area contributed by atoms with E-state index in [2.05, 4.69) is 20.5 Å². The van der Waals surface area contributed by atoms with E-state index in [0.29, 0.717) is 12.3 Å². The van der Waals surface area contributed by atoms with E-state index in [9.17, 15) is 9.59 Å². The lowest BCUT2D eigenvalue weighted by molar-refractivity contribution is -0.122. The van der Waals surface area contributed by atoms with Crippen LogP contribution >= 0.6 is 0 Å². The Morgan fingerprint density at radius 1 is 1.47 bits per heavy atom. The Morgan fingerprint density at radius 3 is 2.79 bits per heavy atom. The third kappa shape index (κ3) is 3.52. The predicted molar refractivity (Wildman–Crippen MR) is 70.2 cm³/mol. The average molecular weight is 265 g/mol. The molecule has 1 atom stereocenters. The zero-order valence-electron chi connectivity index (χ0n) is 11.0. The first-order valence-corrected chi connectivity index (χ1v) is 6.58. The minimum Gasteiger partial charge on any atom is -0.368 e. The number of nitrogens with zero attached hydrogens (tertiary/aromatic N) is 2. The second kappa shape index (κ2) is 5.81. The monoisotopic (exact) mass is 265 g/mol. The van der Waals surface area contributed by atoms with Crippen LogP contribution in [0.15, 0.2) is 4.79 Å². The Morgan fingerprint density at radius 2 is 2.16 bits per heavy atom. The normalized spacial score (nSPS) is 17.3. The molecule has 7 nitrogen and oxygen atoms in total. The molecule has 1 aromatic rings. The number of hydrogen-bond donors (Lipinski definition) is 3. The van der Waals surface area contributed by atoms with E-state index in [1.807, 2.05) is 0 Å². The minimum absolute atomic E-state index is 0.0294. The second-order valence-corrected chi connectivity index (χ2v) is 5.07. The summed E-state index contributed by atoms with van der Waals surface area (Å²) in [5, 5.41) is 10.1. The number of anilines is 1. The molecular formula is C12H19N5O2. The Labute approximate surface area is 111 Å². The van der Waals surface area contributed by atoms with Crippen molar-refractivity contribution in [2.45, 2.75) is 45.1 Å². The SMILES string of the molecule is CC(NC(=O)CC1CCCC1)c1nnc(N)[nH]c1=O. The third-order valence-electron chi connectivity index (χ3n) is 3.48. The Balaban J connectivity index is 1.94. The van der Waals surface area contributed by atoms with Crippen LogP contribution in [0, 0.1) is 5.92 Å². The van der Waals surface area contributed by atoms with Crippen molar-refractivity contribution < 1.29 is 4.79 Å². The molecule has 0 radical (unpaired) electrons. The van der Waals surface area contributed by atoms with Gasteiger partial charge in [-0.2, -0.15) is 0 Å². The van der Waals surface area contributed by atoms with Gasteiger partial charge in [-0.15, -0.1) is 10.2 Å². The minimum atomic E-state index is -0.467. The highest BCUT2D eigenvalue weighted by atomic mass is 16.2. The maximum atomic E-state index is 11.9. The number of amides is 1. The van der Waals surface area contributed by atoms with Gasteiger partial charge < -0.3 is 11.1 Å². The zero-order valence-corrected chi connectivity index (χ0v) is 11.0. The highest BCUT2D eigenvalue weighted by molar-refractivity contribution is 5.76. The van der Waals surface area contributed by atoms with Crippen molar-refractivity contribution in [3.8, 4) is 0 Å². The van der Waals surface area contributed by atoms with Crippen LogP contribution in [0.25, 0.3) is 0 Å². The van der Waals surface area contributed by atoms with Gasteiger partial charge in [-0.3, -0.25) is 14.6 Å². The van der Waals surface area contributed by atoms with E-state index < -0.39 is 11.6 Å². The molecule has 1 fully saturated rings. The van der Waals surface area contributed by atoms with E-state index in [0.717, 1.165) is 12.8 Å². The standard InChI is InChI=1S/C12H19N5O2/c1-7(10-11(19)15-12(13)17-16-10)14-9(18)6-8-4-2-3-5-8/h7-8H,2-6H2,1H3,(H,14,18)(H3,13,15,17,19). The second-order valence-electron chi connectivity index (χ2n) is 5.07. The highest BCUT2D eigenvalue weighted by Gasteiger charge is 2.21. The summed E-state index contributed by atoms with van der Waals surface area (Å²) in [6, 6.07) is -0.467. The average Bonchev–Trinajstić information content (AvgIpc) is 2.81. The van der Waals surface area contributed by atoms with Crippen LogP contribution in [0.5, 0.6) is 0 Å². The molecule has 1 amide bonds. The molecule has 0 aromatic carbocycles. The fraction of sp³-hybridized carbons (Fsp3) is 0.667. The van der Waals surface area contributed by atoms with Crippen molar-refractivity contribution in [1.29, 1.82) is 0 Å². The molecular weight excluding hydrogens is 246 g/mol. The van der Waals surface area contributed by atoms with Crippen molar-refractivity contribution in [2.75, 3.05) is 5.73 Å². The number of rotatable bonds is 4. The van der Waals surface area contributed by atoms with Gasteiger partial charge in [0.15, 0.2) is 5.69 Å². The number of nitrogens with one attached hydrogen (secondary N) is 2. The van der Waals surface area contributed by atoms with Crippen molar-refractivity contribution in [1.82, 2.24) is 20.5 Å². The number of nitrogens with two attached hydrogens (primary N) is 1. The summed E-state index contributed by atoms with van der Waals surface area (Å²) in [5.74, 6) is 0.402. The maximum Gasteiger partial charge on any atom is 0.276 e. The van der Waals surface area contributed by atoms with E-state index in [1.54, 1.807) is 6.92 Å². The lowest BCUT2D eigenvalue weighted by Gasteiger charge is -2.14. The molecule has 1 heterocycles. The number of aromatic nitrogens is 3. The lowest BCUT2D eigenvalue weighted by atomic mass is 10.0. The predicted octanol–water partition coefficient (Wildman–Crippen LogP) is 0.505. The number of carbonyl (C=O) groups is 1. The van der Waals surface area contributed by atoms with Crippen LogP contribution in [0.2, 0.25) is 0 Å². The van der Waals surface area contributed by atoms with Crippen molar-refractivity contribution in [3.63, 3.8) is 0 Å². The zero-order chi connectivity index (χ0) is 13.8. The molecule has 104 valence electrons. The lowest BCUT2D eigenvalue weighted by Crippen LogP contribution is -2.33. The van der Waals surface area contributed by atoms with E-state index >= 15 is 0 Å². The molecule has 0 bridgehead atoms. The molecule has 1 aliphatic rings. The van der Waals surface area contributed by atoms with Crippen LogP contribution in [-0.2, 0) is 4.79 Å². The van der Waals surface area contributed by atoms with Crippen LogP contribution < -0.4 is 16.6 Å². The highest BCUT2D eigenvalue weighted by Crippen LogP contribution is 2.27. The van der Waals surface area contributed by atoms with Gasteiger partial charge in [-0.05, 0) is 25.7 Å². The molecule has 7 heteroatoms. The Bertz CT molecular complexity index is 507. The van der Waals surface area contributed by atoms with Gasteiger partial charge in [0.1, 0.15) is 0 Å². The Kier molecular flexibility index (Phi) is 4.13. The topological polar surface area (TPSA) is 114 Å².